The smallest absolute Gasteiger partial charge is 0.233 e. The summed E-state index contributed by atoms with van der Waals surface area (Å²) in [7, 11) is 1.51. The Labute approximate surface area is 199 Å². The van der Waals surface area contributed by atoms with Gasteiger partial charge in [0.15, 0.2) is 11.6 Å². The number of aryl methyl sites for hydroxylation is 1. The molecule has 5 rings (SSSR count). The number of benzene rings is 1. The van der Waals surface area contributed by atoms with Crippen molar-refractivity contribution in [3.63, 3.8) is 0 Å². The molecular formula is C27H31N3O4. The topological polar surface area (TPSA) is 101 Å². The van der Waals surface area contributed by atoms with Gasteiger partial charge in [0, 0.05) is 23.5 Å². The molecule has 0 aliphatic heterocycles. The highest BCUT2D eigenvalue weighted by molar-refractivity contribution is 6.03. The predicted octanol–water partition coefficient (Wildman–Crippen LogP) is 4.61. The van der Waals surface area contributed by atoms with Gasteiger partial charge in [-0.2, -0.15) is 0 Å². The number of fused-ring (bicyclic) bond motifs is 5. The summed E-state index contributed by atoms with van der Waals surface area (Å²) in [5, 5.41) is 20.7. The van der Waals surface area contributed by atoms with Crippen LogP contribution in [0.5, 0.6) is 5.88 Å². The van der Waals surface area contributed by atoms with Gasteiger partial charge in [-0.1, -0.05) is 31.2 Å². The van der Waals surface area contributed by atoms with Gasteiger partial charge in [-0.25, -0.2) is 0 Å². The highest BCUT2D eigenvalue weighted by Gasteiger charge is 2.60. The Morgan fingerprint density at radius 3 is 2.79 bits per heavy atom. The summed E-state index contributed by atoms with van der Waals surface area (Å²) in [6.45, 7) is 2.08. The van der Waals surface area contributed by atoms with Crippen molar-refractivity contribution in [3.05, 3.63) is 59.4 Å². The van der Waals surface area contributed by atoms with E-state index in [1.165, 1.54) is 18.2 Å². The molecule has 3 aliphatic rings. The van der Waals surface area contributed by atoms with Gasteiger partial charge in [0.1, 0.15) is 0 Å². The second-order valence-corrected chi connectivity index (χ2v) is 10.1. The fraction of sp³-hybridized carbons (Fsp3) is 0.481. The molecule has 1 heterocycles. The van der Waals surface area contributed by atoms with E-state index in [4.69, 9.17) is 4.74 Å². The van der Waals surface area contributed by atoms with E-state index in [1.807, 2.05) is 0 Å². The Hall–Kier alpha value is -3.22. The number of amides is 1. The Balaban J connectivity index is 1.36. The number of rotatable bonds is 5. The van der Waals surface area contributed by atoms with Gasteiger partial charge in [-0.05, 0) is 73.0 Å². The first-order valence-corrected chi connectivity index (χ1v) is 12.1. The number of allylic oxidation sites excluding steroid dienone is 1. The molecule has 5 atom stereocenters. The molecule has 34 heavy (non-hydrogen) atoms. The Morgan fingerprint density at radius 1 is 1.24 bits per heavy atom. The summed E-state index contributed by atoms with van der Waals surface area (Å²) in [5.74, 6) is 1.41. The molecule has 0 saturated heterocycles. The van der Waals surface area contributed by atoms with E-state index in [0.29, 0.717) is 35.5 Å². The number of hydrogen-bond donors (Lipinski definition) is 2. The fourth-order valence-corrected chi connectivity index (χ4v) is 6.95. The summed E-state index contributed by atoms with van der Waals surface area (Å²) in [4.78, 5) is 26.2. The molecule has 7 nitrogen and oxygen atoms in total. The fourth-order valence-electron chi connectivity index (χ4n) is 6.95. The maximum atomic E-state index is 13.5. The number of aliphatic hydroxyl groups is 1. The molecular weight excluding hydrogens is 430 g/mol. The lowest BCUT2D eigenvalue weighted by molar-refractivity contribution is -0.127. The van der Waals surface area contributed by atoms with Crippen molar-refractivity contribution in [2.45, 2.75) is 51.4 Å². The van der Waals surface area contributed by atoms with Crippen LogP contribution in [0.3, 0.4) is 0 Å². The van der Waals surface area contributed by atoms with Gasteiger partial charge in [-0.3, -0.25) is 9.59 Å². The van der Waals surface area contributed by atoms with Gasteiger partial charge in [0.25, 0.3) is 0 Å². The van der Waals surface area contributed by atoms with Crippen molar-refractivity contribution in [2.24, 2.45) is 23.2 Å². The molecule has 7 heteroatoms. The Kier molecular flexibility index (Phi) is 5.88. The number of carbonyl (C=O) groups excluding carboxylic acids is 2. The van der Waals surface area contributed by atoms with Crippen molar-refractivity contribution < 1.29 is 19.4 Å². The normalized spacial score (nSPS) is 30.9. The quantitative estimate of drug-likeness (QED) is 0.498. The summed E-state index contributed by atoms with van der Waals surface area (Å²) in [6.07, 6.45) is 5.62. The zero-order valence-corrected chi connectivity index (χ0v) is 19.7. The molecule has 2 aromatic rings. The lowest BCUT2D eigenvalue weighted by Gasteiger charge is -2.49. The van der Waals surface area contributed by atoms with Crippen molar-refractivity contribution in [2.75, 3.05) is 12.4 Å². The average molecular weight is 462 g/mol. The van der Waals surface area contributed by atoms with E-state index < -0.39 is 5.41 Å². The molecule has 1 amide bonds. The number of aromatic nitrogens is 2. The van der Waals surface area contributed by atoms with Crippen LogP contribution < -0.4 is 10.1 Å². The minimum absolute atomic E-state index is 0.0590. The highest BCUT2D eigenvalue weighted by Crippen LogP contribution is 2.63. The molecule has 0 bridgehead atoms. The van der Waals surface area contributed by atoms with Gasteiger partial charge in [0.05, 0.1) is 13.4 Å². The van der Waals surface area contributed by atoms with Gasteiger partial charge >= 0.3 is 0 Å². The molecule has 1 aromatic heterocycles. The van der Waals surface area contributed by atoms with Crippen molar-refractivity contribution in [1.82, 2.24) is 10.2 Å². The third kappa shape index (κ3) is 3.67. The average Bonchev–Trinajstić information content (AvgIpc) is 3.09. The number of anilines is 1. The highest BCUT2D eigenvalue weighted by atomic mass is 16.5. The molecule has 178 valence electrons. The van der Waals surface area contributed by atoms with Crippen molar-refractivity contribution in [1.29, 1.82) is 0 Å². The van der Waals surface area contributed by atoms with Crippen LogP contribution in [0.4, 0.5) is 5.82 Å². The van der Waals surface area contributed by atoms with Crippen LogP contribution in [0.1, 0.15) is 56.1 Å². The first kappa shape index (κ1) is 22.6. The maximum Gasteiger partial charge on any atom is 0.233 e. The van der Waals surface area contributed by atoms with Gasteiger partial charge < -0.3 is 15.2 Å². The number of hydrogen-bond acceptors (Lipinski definition) is 6. The van der Waals surface area contributed by atoms with Crippen LogP contribution in [-0.2, 0) is 16.0 Å². The van der Waals surface area contributed by atoms with Crippen LogP contribution in [0.15, 0.2) is 48.2 Å². The molecule has 3 aliphatic carbocycles. The Morgan fingerprint density at radius 2 is 2.06 bits per heavy atom. The SMILES string of the molecule is COc1ccc(NC(=O)CC[C@@H]2/C(=C/O)C(=O)[C@@]3(C)CCC4c5ccccc5CCC4C23)nn1. The maximum absolute atomic E-state index is 13.5. The number of ketones is 1. The molecule has 0 spiro atoms. The summed E-state index contributed by atoms with van der Waals surface area (Å²) >= 11 is 0. The standard InChI is InChI=1S/C27H31N3O4/c1-27-14-13-18-17-6-4-3-5-16(17)7-8-19(18)25(27)20(21(15-31)26(27)33)9-11-23(32)28-22-10-12-24(34-2)30-29-22/h3-6,10,12,15,18-20,25,31H,7-9,11,13-14H2,1-2H3,(H,28,29,32)/b21-15-/t18?,19?,20-,25?,27+/m1/s1. The van der Waals surface area contributed by atoms with E-state index in [2.05, 4.69) is 46.7 Å². The predicted molar refractivity (Wildman–Crippen MR) is 127 cm³/mol. The van der Waals surface area contributed by atoms with E-state index in [1.54, 1.807) is 12.1 Å². The lowest BCUT2D eigenvalue weighted by Crippen LogP contribution is -2.44. The first-order chi connectivity index (χ1) is 16.5. The summed E-state index contributed by atoms with van der Waals surface area (Å²) in [5.41, 5.74) is 2.85. The van der Waals surface area contributed by atoms with Gasteiger partial charge in [0.2, 0.25) is 11.8 Å². The summed E-state index contributed by atoms with van der Waals surface area (Å²) in [6, 6.07) is 12.0. The van der Waals surface area contributed by atoms with Crippen molar-refractivity contribution in [3.8, 4) is 5.88 Å². The van der Waals surface area contributed by atoms with Crippen LogP contribution in [0.25, 0.3) is 0 Å². The Bertz CT molecular complexity index is 1130. The third-order valence-corrected chi connectivity index (χ3v) is 8.44. The van der Waals surface area contributed by atoms with Crippen LogP contribution in [0, 0.1) is 23.2 Å². The first-order valence-electron chi connectivity index (χ1n) is 12.1. The largest absolute Gasteiger partial charge is 0.515 e. The number of methoxy groups -OCH3 is 1. The minimum Gasteiger partial charge on any atom is -0.515 e. The van der Waals surface area contributed by atoms with Crippen LogP contribution in [-0.4, -0.2) is 34.1 Å². The molecule has 2 N–H and O–H groups in total. The number of nitrogens with one attached hydrogen (secondary N) is 1. The van der Waals surface area contributed by atoms with E-state index in [-0.39, 0.29) is 29.9 Å². The molecule has 2 saturated carbocycles. The molecule has 0 radical (unpaired) electrons. The summed E-state index contributed by atoms with van der Waals surface area (Å²) < 4.78 is 5.00. The number of Topliss-reactive ketones (excluding diaryl/α,β-unsaturated/α-hetero) is 1. The zero-order chi connectivity index (χ0) is 23.9. The van der Waals surface area contributed by atoms with E-state index in [9.17, 15) is 14.7 Å². The number of ether oxygens (including phenoxy) is 1. The third-order valence-electron chi connectivity index (χ3n) is 8.44. The lowest BCUT2D eigenvalue weighted by atomic mass is 9.54. The monoisotopic (exact) mass is 461 g/mol. The molecule has 3 unspecified atom stereocenters. The number of nitrogens with zero attached hydrogens (tertiary/aromatic N) is 2. The molecule has 2 fully saturated rings. The molecule has 1 aromatic carbocycles. The zero-order valence-electron chi connectivity index (χ0n) is 19.7. The second-order valence-electron chi connectivity index (χ2n) is 10.1. The number of carbonyl (C=O) groups is 2. The van der Waals surface area contributed by atoms with E-state index in [0.717, 1.165) is 31.9 Å². The van der Waals surface area contributed by atoms with E-state index >= 15 is 0 Å². The van der Waals surface area contributed by atoms with Crippen LogP contribution in [0.2, 0.25) is 0 Å². The van der Waals surface area contributed by atoms with Gasteiger partial charge in [-0.15, -0.1) is 10.2 Å². The minimum atomic E-state index is -0.482. The van der Waals surface area contributed by atoms with Crippen molar-refractivity contribution >= 4 is 17.5 Å². The van der Waals surface area contributed by atoms with Crippen LogP contribution >= 0.6 is 0 Å². The number of aliphatic hydroxyl groups excluding tert-OH is 1. The second kappa shape index (κ2) is 8.85.